The molecule has 1 heteroatoms. The van der Waals surface area contributed by atoms with Gasteiger partial charge < -0.3 is 5.11 Å². The van der Waals surface area contributed by atoms with Gasteiger partial charge in [0, 0.05) is 0 Å². The second-order valence-electron chi connectivity index (χ2n) is 1.94. The van der Waals surface area contributed by atoms with Crippen LogP contribution < -0.4 is 0 Å². The second-order valence-corrected chi connectivity index (χ2v) is 1.94. The van der Waals surface area contributed by atoms with E-state index in [1.165, 1.54) is 6.08 Å². The van der Waals surface area contributed by atoms with E-state index in [-0.39, 0.29) is 0 Å². The SMILES string of the molecule is C=CC(O)C=CCCC. The highest BCUT2D eigenvalue weighted by Gasteiger charge is 1.85. The zero-order valence-electron chi connectivity index (χ0n) is 5.88. The van der Waals surface area contributed by atoms with Crippen LogP contribution in [0.2, 0.25) is 0 Å². The van der Waals surface area contributed by atoms with Crippen molar-refractivity contribution < 1.29 is 5.11 Å². The van der Waals surface area contributed by atoms with Crippen LogP contribution in [0.5, 0.6) is 0 Å². The Balaban J connectivity index is 3.31. The van der Waals surface area contributed by atoms with Gasteiger partial charge in [0.25, 0.3) is 0 Å². The molecule has 0 radical (unpaired) electrons. The monoisotopic (exact) mass is 126 g/mol. The molecule has 0 rings (SSSR count). The third kappa shape index (κ3) is 5.31. The van der Waals surface area contributed by atoms with Crippen molar-refractivity contribution in [3.63, 3.8) is 0 Å². The molecule has 1 nitrogen and oxygen atoms in total. The van der Waals surface area contributed by atoms with Crippen molar-refractivity contribution >= 4 is 0 Å². The van der Waals surface area contributed by atoms with E-state index < -0.39 is 6.10 Å². The number of unbranched alkanes of at least 4 members (excludes halogenated alkanes) is 1. The number of rotatable bonds is 4. The summed E-state index contributed by atoms with van der Waals surface area (Å²) in [6.07, 6.45) is 6.91. The highest BCUT2D eigenvalue weighted by Crippen LogP contribution is 1.91. The Kier molecular flexibility index (Phi) is 5.23. The van der Waals surface area contributed by atoms with Crippen molar-refractivity contribution in [3.8, 4) is 0 Å². The van der Waals surface area contributed by atoms with E-state index in [2.05, 4.69) is 13.5 Å². The molecule has 1 N–H and O–H groups in total. The minimum atomic E-state index is -0.462. The van der Waals surface area contributed by atoms with Crippen molar-refractivity contribution in [1.29, 1.82) is 0 Å². The Hall–Kier alpha value is -0.560. The van der Waals surface area contributed by atoms with Crippen LogP contribution in [-0.4, -0.2) is 11.2 Å². The van der Waals surface area contributed by atoms with Crippen molar-refractivity contribution in [1.82, 2.24) is 0 Å². The van der Waals surface area contributed by atoms with Gasteiger partial charge in [-0.1, -0.05) is 31.6 Å². The molecule has 0 fully saturated rings. The summed E-state index contributed by atoms with van der Waals surface area (Å²) in [4.78, 5) is 0. The number of aliphatic hydroxyl groups is 1. The molecule has 1 unspecified atom stereocenters. The third-order valence-corrected chi connectivity index (χ3v) is 1.03. The summed E-state index contributed by atoms with van der Waals surface area (Å²) < 4.78 is 0. The van der Waals surface area contributed by atoms with Crippen LogP contribution in [0, 0.1) is 0 Å². The van der Waals surface area contributed by atoms with E-state index in [0.29, 0.717) is 0 Å². The van der Waals surface area contributed by atoms with E-state index >= 15 is 0 Å². The maximum Gasteiger partial charge on any atom is 0.0899 e. The Morgan fingerprint density at radius 3 is 2.78 bits per heavy atom. The fraction of sp³-hybridized carbons (Fsp3) is 0.500. The first-order valence-electron chi connectivity index (χ1n) is 3.28. The van der Waals surface area contributed by atoms with E-state index in [9.17, 15) is 0 Å². The minimum Gasteiger partial charge on any atom is -0.385 e. The number of allylic oxidation sites excluding steroid dienone is 1. The number of hydrogen-bond acceptors (Lipinski definition) is 1. The molecule has 0 aromatic heterocycles. The first-order valence-corrected chi connectivity index (χ1v) is 3.28. The Bertz CT molecular complexity index is 94.7. The summed E-state index contributed by atoms with van der Waals surface area (Å²) in [5.41, 5.74) is 0. The second kappa shape index (κ2) is 5.57. The molecule has 1 atom stereocenters. The predicted octanol–water partition coefficient (Wildman–Crippen LogP) is 1.89. The molecule has 0 spiro atoms. The van der Waals surface area contributed by atoms with Crippen LogP contribution in [-0.2, 0) is 0 Å². The fourth-order valence-electron chi connectivity index (χ4n) is 0.481. The van der Waals surface area contributed by atoms with Crippen LogP contribution in [0.1, 0.15) is 19.8 Å². The lowest BCUT2D eigenvalue weighted by Gasteiger charge is -1.93. The van der Waals surface area contributed by atoms with Gasteiger partial charge in [-0.15, -0.1) is 6.58 Å². The average Bonchev–Trinajstić information content (AvgIpc) is 1.89. The van der Waals surface area contributed by atoms with Crippen LogP contribution in [0.25, 0.3) is 0 Å². The molecular weight excluding hydrogens is 112 g/mol. The van der Waals surface area contributed by atoms with E-state index in [1.807, 2.05) is 6.08 Å². The predicted molar refractivity (Wildman–Crippen MR) is 40.3 cm³/mol. The molecule has 0 saturated heterocycles. The van der Waals surface area contributed by atoms with Crippen molar-refractivity contribution in [2.24, 2.45) is 0 Å². The molecule has 0 aliphatic rings. The molecule has 0 heterocycles. The first-order chi connectivity index (χ1) is 4.31. The maximum absolute atomic E-state index is 8.88. The van der Waals surface area contributed by atoms with Crippen molar-refractivity contribution in [2.75, 3.05) is 0 Å². The van der Waals surface area contributed by atoms with E-state index in [0.717, 1.165) is 12.8 Å². The minimum absolute atomic E-state index is 0.462. The summed E-state index contributed by atoms with van der Waals surface area (Å²) in [5, 5.41) is 8.88. The van der Waals surface area contributed by atoms with E-state index in [1.54, 1.807) is 6.08 Å². The smallest absolute Gasteiger partial charge is 0.0899 e. The van der Waals surface area contributed by atoms with Gasteiger partial charge in [0.15, 0.2) is 0 Å². The lowest BCUT2D eigenvalue weighted by Crippen LogP contribution is -1.93. The molecule has 0 bridgehead atoms. The maximum atomic E-state index is 8.88. The zero-order valence-corrected chi connectivity index (χ0v) is 5.88. The molecular formula is C8H14O. The Morgan fingerprint density at radius 2 is 2.33 bits per heavy atom. The quantitative estimate of drug-likeness (QED) is 0.570. The summed E-state index contributed by atoms with van der Waals surface area (Å²) in [5.74, 6) is 0. The Morgan fingerprint density at radius 1 is 1.67 bits per heavy atom. The number of aliphatic hydroxyl groups excluding tert-OH is 1. The normalized spacial score (nSPS) is 14.0. The summed E-state index contributed by atoms with van der Waals surface area (Å²) in [6, 6.07) is 0. The summed E-state index contributed by atoms with van der Waals surface area (Å²) >= 11 is 0. The van der Waals surface area contributed by atoms with Crippen LogP contribution in [0.15, 0.2) is 24.8 Å². The molecule has 0 aliphatic carbocycles. The zero-order chi connectivity index (χ0) is 7.11. The van der Waals surface area contributed by atoms with Gasteiger partial charge >= 0.3 is 0 Å². The van der Waals surface area contributed by atoms with Gasteiger partial charge in [-0.3, -0.25) is 0 Å². The number of hydrogen-bond donors (Lipinski definition) is 1. The highest BCUT2D eigenvalue weighted by atomic mass is 16.3. The Labute approximate surface area is 56.7 Å². The standard InChI is InChI=1S/C8H14O/c1-3-5-6-7-8(9)4-2/h4,6-9H,2-3,5H2,1H3. The topological polar surface area (TPSA) is 20.2 Å². The fourth-order valence-corrected chi connectivity index (χ4v) is 0.481. The molecule has 0 aromatic rings. The van der Waals surface area contributed by atoms with Gasteiger partial charge in [-0.05, 0) is 6.42 Å². The highest BCUT2D eigenvalue weighted by molar-refractivity contribution is 4.97. The van der Waals surface area contributed by atoms with Crippen molar-refractivity contribution in [3.05, 3.63) is 24.8 Å². The van der Waals surface area contributed by atoms with Gasteiger partial charge in [0.05, 0.1) is 6.10 Å². The first kappa shape index (κ1) is 8.44. The molecule has 9 heavy (non-hydrogen) atoms. The van der Waals surface area contributed by atoms with Crippen LogP contribution in [0.3, 0.4) is 0 Å². The van der Waals surface area contributed by atoms with Gasteiger partial charge in [-0.25, -0.2) is 0 Å². The summed E-state index contributed by atoms with van der Waals surface area (Å²) in [6.45, 7) is 5.54. The van der Waals surface area contributed by atoms with Gasteiger partial charge in [-0.2, -0.15) is 0 Å². The molecule has 52 valence electrons. The van der Waals surface area contributed by atoms with Crippen LogP contribution >= 0.6 is 0 Å². The van der Waals surface area contributed by atoms with Crippen molar-refractivity contribution in [2.45, 2.75) is 25.9 Å². The molecule has 0 aliphatic heterocycles. The third-order valence-electron chi connectivity index (χ3n) is 1.03. The largest absolute Gasteiger partial charge is 0.385 e. The van der Waals surface area contributed by atoms with Gasteiger partial charge in [0.2, 0.25) is 0 Å². The summed E-state index contributed by atoms with van der Waals surface area (Å²) in [7, 11) is 0. The van der Waals surface area contributed by atoms with E-state index in [4.69, 9.17) is 5.11 Å². The lowest BCUT2D eigenvalue weighted by molar-refractivity contribution is 0.271. The molecule has 0 amide bonds. The lowest BCUT2D eigenvalue weighted by atomic mass is 10.2. The van der Waals surface area contributed by atoms with Crippen LogP contribution in [0.4, 0.5) is 0 Å². The van der Waals surface area contributed by atoms with Gasteiger partial charge in [0.1, 0.15) is 0 Å². The average molecular weight is 126 g/mol. The molecule has 0 aromatic carbocycles. The molecule has 0 saturated carbocycles.